The van der Waals surface area contributed by atoms with E-state index in [0.717, 1.165) is 11.1 Å². The predicted molar refractivity (Wildman–Crippen MR) is 65.7 cm³/mol. The highest BCUT2D eigenvalue weighted by atomic mass is 19.1. The molecule has 3 heteroatoms. The molecule has 1 aromatic heterocycles. The SMILES string of the molecule is COc1ccnc(-c2c(C)cc(C)cc2F)c1. The summed E-state index contributed by atoms with van der Waals surface area (Å²) in [5, 5.41) is 0. The lowest BCUT2D eigenvalue weighted by Crippen LogP contribution is -1.94. The lowest BCUT2D eigenvalue weighted by molar-refractivity contribution is 0.414. The molecule has 0 aliphatic heterocycles. The normalized spacial score (nSPS) is 10.4. The molecule has 2 aromatic rings. The van der Waals surface area contributed by atoms with E-state index in [4.69, 9.17) is 4.74 Å². The number of halogens is 1. The first-order chi connectivity index (χ1) is 8.11. The Labute approximate surface area is 100 Å². The smallest absolute Gasteiger partial charge is 0.133 e. The standard InChI is InChI=1S/C14H14FNO/c1-9-6-10(2)14(12(15)7-9)13-8-11(17-3)4-5-16-13/h4-8H,1-3H3. The molecule has 1 aromatic carbocycles. The van der Waals surface area contributed by atoms with Gasteiger partial charge < -0.3 is 4.74 Å². The second-order valence-corrected chi connectivity index (χ2v) is 4.02. The maximum atomic E-state index is 14.0. The molecule has 0 bridgehead atoms. The highest BCUT2D eigenvalue weighted by molar-refractivity contribution is 5.65. The minimum Gasteiger partial charge on any atom is -0.497 e. The number of rotatable bonds is 2. The summed E-state index contributed by atoms with van der Waals surface area (Å²) in [6, 6.07) is 6.94. The van der Waals surface area contributed by atoms with Gasteiger partial charge in [-0.05, 0) is 37.1 Å². The maximum Gasteiger partial charge on any atom is 0.133 e. The highest BCUT2D eigenvalue weighted by Gasteiger charge is 2.11. The van der Waals surface area contributed by atoms with Crippen LogP contribution in [-0.4, -0.2) is 12.1 Å². The Morgan fingerprint density at radius 3 is 2.59 bits per heavy atom. The van der Waals surface area contributed by atoms with Crippen molar-refractivity contribution in [2.45, 2.75) is 13.8 Å². The van der Waals surface area contributed by atoms with Crippen LogP contribution in [-0.2, 0) is 0 Å². The van der Waals surface area contributed by atoms with E-state index in [0.29, 0.717) is 17.0 Å². The van der Waals surface area contributed by atoms with Crippen molar-refractivity contribution in [2.75, 3.05) is 7.11 Å². The van der Waals surface area contributed by atoms with Crippen LogP contribution in [0.1, 0.15) is 11.1 Å². The van der Waals surface area contributed by atoms with Crippen molar-refractivity contribution in [3.8, 4) is 17.0 Å². The first-order valence-corrected chi connectivity index (χ1v) is 5.39. The molecule has 0 saturated heterocycles. The summed E-state index contributed by atoms with van der Waals surface area (Å²) in [6.45, 7) is 3.76. The van der Waals surface area contributed by atoms with Gasteiger partial charge in [0.05, 0.1) is 12.8 Å². The lowest BCUT2D eigenvalue weighted by atomic mass is 10.0. The van der Waals surface area contributed by atoms with Crippen molar-refractivity contribution < 1.29 is 9.13 Å². The molecule has 1 heterocycles. The van der Waals surface area contributed by atoms with Crippen LogP contribution < -0.4 is 4.74 Å². The summed E-state index contributed by atoms with van der Waals surface area (Å²) in [6.07, 6.45) is 1.62. The Bertz CT molecular complexity index is 529. The van der Waals surface area contributed by atoms with Gasteiger partial charge in [0.25, 0.3) is 0 Å². The Balaban J connectivity index is 2.60. The third-order valence-corrected chi connectivity index (χ3v) is 2.65. The molecule has 0 atom stereocenters. The molecular formula is C14H14FNO. The third-order valence-electron chi connectivity index (χ3n) is 2.65. The van der Waals surface area contributed by atoms with Crippen molar-refractivity contribution in [3.05, 3.63) is 47.4 Å². The van der Waals surface area contributed by atoms with Gasteiger partial charge in [-0.2, -0.15) is 0 Å². The summed E-state index contributed by atoms with van der Waals surface area (Å²) in [7, 11) is 1.58. The van der Waals surface area contributed by atoms with E-state index in [9.17, 15) is 4.39 Å². The Morgan fingerprint density at radius 2 is 1.94 bits per heavy atom. The van der Waals surface area contributed by atoms with Gasteiger partial charge in [0.1, 0.15) is 11.6 Å². The fourth-order valence-corrected chi connectivity index (χ4v) is 1.91. The topological polar surface area (TPSA) is 22.1 Å². The fourth-order valence-electron chi connectivity index (χ4n) is 1.91. The first-order valence-electron chi connectivity index (χ1n) is 5.39. The van der Waals surface area contributed by atoms with E-state index < -0.39 is 0 Å². The predicted octanol–water partition coefficient (Wildman–Crippen LogP) is 3.51. The summed E-state index contributed by atoms with van der Waals surface area (Å²) in [5.41, 5.74) is 2.92. The molecule has 2 rings (SSSR count). The van der Waals surface area contributed by atoms with Gasteiger partial charge in [-0.15, -0.1) is 0 Å². The van der Waals surface area contributed by atoms with Crippen LogP contribution in [0, 0.1) is 19.7 Å². The van der Waals surface area contributed by atoms with E-state index in [1.807, 2.05) is 19.9 Å². The largest absolute Gasteiger partial charge is 0.497 e. The van der Waals surface area contributed by atoms with Crippen molar-refractivity contribution >= 4 is 0 Å². The van der Waals surface area contributed by atoms with E-state index >= 15 is 0 Å². The van der Waals surface area contributed by atoms with E-state index in [-0.39, 0.29) is 5.82 Å². The number of benzene rings is 1. The van der Waals surface area contributed by atoms with Gasteiger partial charge in [0.15, 0.2) is 0 Å². The number of ether oxygens (including phenoxy) is 1. The van der Waals surface area contributed by atoms with Crippen LogP contribution >= 0.6 is 0 Å². The Kier molecular flexibility index (Phi) is 3.09. The van der Waals surface area contributed by atoms with Gasteiger partial charge >= 0.3 is 0 Å². The van der Waals surface area contributed by atoms with Crippen molar-refractivity contribution in [1.29, 1.82) is 0 Å². The van der Waals surface area contributed by atoms with Crippen molar-refractivity contribution in [2.24, 2.45) is 0 Å². The molecule has 0 aliphatic carbocycles. The summed E-state index contributed by atoms with van der Waals surface area (Å²) in [4.78, 5) is 4.19. The summed E-state index contributed by atoms with van der Waals surface area (Å²) in [5.74, 6) is 0.428. The van der Waals surface area contributed by atoms with E-state index in [2.05, 4.69) is 4.98 Å². The zero-order valence-corrected chi connectivity index (χ0v) is 10.1. The molecular weight excluding hydrogens is 217 g/mol. The minimum atomic E-state index is -0.247. The summed E-state index contributed by atoms with van der Waals surface area (Å²) >= 11 is 0. The molecule has 0 fully saturated rings. The number of nitrogens with zero attached hydrogens (tertiary/aromatic N) is 1. The van der Waals surface area contributed by atoms with Crippen molar-refractivity contribution in [1.82, 2.24) is 4.98 Å². The van der Waals surface area contributed by atoms with Crippen LogP contribution in [0.3, 0.4) is 0 Å². The molecule has 17 heavy (non-hydrogen) atoms. The second kappa shape index (κ2) is 4.53. The Morgan fingerprint density at radius 1 is 1.18 bits per heavy atom. The summed E-state index contributed by atoms with van der Waals surface area (Å²) < 4.78 is 19.1. The molecule has 0 spiro atoms. The van der Waals surface area contributed by atoms with Gasteiger partial charge in [-0.25, -0.2) is 4.39 Å². The number of pyridine rings is 1. The van der Waals surface area contributed by atoms with E-state index in [1.165, 1.54) is 6.07 Å². The maximum absolute atomic E-state index is 14.0. The average molecular weight is 231 g/mol. The van der Waals surface area contributed by atoms with Crippen molar-refractivity contribution in [3.63, 3.8) is 0 Å². The first kappa shape index (κ1) is 11.6. The molecule has 0 aliphatic rings. The second-order valence-electron chi connectivity index (χ2n) is 4.02. The minimum absolute atomic E-state index is 0.247. The highest BCUT2D eigenvalue weighted by Crippen LogP contribution is 2.28. The molecule has 0 unspecified atom stereocenters. The van der Waals surface area contributed by atoms with Gasteiger partial charge in [0.2, 0.25) is 0 Å². The molecule has 0 radical (unpaired) electrons. The van der Waals surface area contributed by atoms with E-state index in [1.54, 1.807) is 25.4 Å². The van der Waals surface area contributed by atoms with Gasteiger partial charge in [0, 0.05) is 17.8 Å². The number of aromatic nitrogens is 1. The molecule has 0 amide bonds. The molecule has 2 nitrogen and oxygen atoms in total. The number of aryl methyl sites for hydroxylation is 2. The number of methoxy groups -OCH3 is 1. The fraction of sp³-hybridized carbons (Fsp3) is 0.214. The zero-order chi connectivity index (χ0) is 12.4. The Hall–Kier alpha value is -1.90. The zero-order valence-electron chi connectivity index (χ0n) is 10.1. The third kappa shape index (κ3) is 2.28. The van der Waals surface area contributed by atoms with Gasteiger partial charge in [-0.3, -0.25) is 4.98 Å². The van der Waals surface area contributed by atoms with Crippen LogP contribution in [0.4, 0.5) is 4.39 Å². The van der Waals surface area contributed by atoms with Crippen LogP contribution in [0.5, 0.6) is 5.75 Å². The van der Waals surface area contributed by atoms with Gasteiger partial charge in [-0.1, -0.05) is 6.07 Å². The molecule has 88 valence electrons. The van der Waals surface area contributed by atoms with Crippen LogP contribution in [0.2, 0.25) is 0 Å². The number of hydrogen-bond acceptors (Lipinski definition) is 2. The average Bonchev–Trinajstić information content (AvgIpc) is 2.28. The monoisotopic (exact) mass is 231 g/mol. The quantitative estimate of drug-likeness (QED) is 0.789. The molecule has 0 N–H and O–H groups in total. The molecule has 0 saturated carbocycles. The lowest BCUT2D eigenvalue weighted by Gasteiger charge is -2.09. The van der Waals surface area contributed by atoms with Crippen LogP contribution in [0.15, 0.2) is 30.5 Å². The van der Waals surface area contributed by atoms with Crippen LogP contribution in [0.25, 0.3) is 11.3 Å². The number of hydrogen-bond donors (Lipinski definition) is 0.